The standard InChI is InChI=1S/C12H16O3/c1-7-5-6-8(12(2,3)4)10(13)9(7)11(14)15/h5-6,13H,1-4H3,(H,14,15). The highest BCUT2D eigenvalue weighted by molar-refractivity contribution is 5.93. The van der Waals surface area contributed by atoms with Gasteiger partial charge in [-0.3, -0.25) is 0 Å². The number of carboxylic acid groups (broad SMARTS) is 1. The molecule has 0 atom stereocenters. The largest absolute Gasteiger partial charge is 0.507 e. The molecule has 0 aliphatic rings. The molecule has 0 aliphatic heterocycles. The molecule has 0 bridgehead atoms. The van der Waals surface area contributed by atoms with E-state index in [1.807, 2.05) is 20.8 Å². The number of phenols is 1. The summed E-state index contributed by atoms with van der Waals surface area (Å²) in [6.07, 6.45) is 0. The minimum Gasteiger partial charge on any atom is -0.507 e. The van der Waals surface area contributed by atoms with Crippen molar-refractivity contribution in [3.63, 3.8) is 0 Å². The van der Waals surface area contributed by atoms with Gasteiger partial charge in [-0.2, -0.15) is 0 Å². The molecule has 0 saturated carbocycles. The Labute approximate surface area is 89.4 Å². The number of rotatable bonds is 1. The van der Waals surface area contributed by atoms with E-state index in [1.165, 1.54) is 0 Å². The molecule has 0 heterocycles. The van der Waals surface area contributed by atoms with Crippen LogP contribution in [-0.2, 0) is 5.41 Å². The predicted molar refractivity (Wildman–Crippen MR) is 58.5 cm³/mol. The molecular weight excluding hydrogens is 192 g/mol. The van der Waals surface area contributed by atoms with Crippen LogP contribution in [0.2, 0.25) is 0 Å². The summed E-state index contributed by atoms with van der Waals surface area (Å²) in [7, 11) is 0. The number of aryl methyl sites for hydroxylation is 1. The van der Waals surface area contributed by atoms with E-state index in [-0.39, 0.29) is 16.7 Å². The van der Waals surface area contributed by atoms with Gasteiger partial charge in [0.05, 0.1) is 0 Å². The minimum atomic E-state index is -1.09. The van der Waals surface area contributed by atoms with Gasteiger partial charge in [-0.1, -0.05) is 32.9 Å². The van der Waals surface area contributed by atoms with Crippen LogP contribution in [0.25, 0.3) is 0 Å². The Kier molecular flexibility index (Phi) is 2.75. The number of carbonyl (C=O) groups is 1. The minimum absolute atomic E-state index is 0.00225. The topological polar surface area (TPSA) is 57.5 Å². The maximum atomic E-state index is 11.0. The third kappa shape index (κ3) is 2.12. The molecule has 3 heteroatoms. The Balaban J connectivity index is 3.49. The highest BCUT2D eigenvalue weighted by atomic mass is 16.4. The van der Waals surface area contributed by atoms with E-state index in [0.717, 1.165) is 0 Å². The van der Waals surface area contributed by atoms with Crippen LogP contribution in [-0.4, -0.2) is 16.2 Å². The normalized spacial score (nSPS) is 11.5. The second kappa shape index (κ2) is 3.57. The fraction of sp³-hybridized carbons (Fsp3) is 0.417. The second-order valence-corrected chi connectivity index (χ2v) is 4.71. The molecule has 0 aromatic heterocycles. The van der Waals surface area contributed by atoms with Gasteiger partial charge in [-0.15, -0.1) is 0 Å². The molecule has 82 valence electrons. The van der Waals surface area contributed by atoms with Crippen molar-refractivity contribution in [3.05, 3.63) is 28.8 Å². The van der Waals surface area contributed by atoms with E-state index in [4.69, 9.17) is 5.11 Å². The molecular formula is C12H16O3. The first-order chi connectivity index (χ1) is 6.75. The maximum Gasteiger partial charge on any atom is 0.339 e. The Bertz CT molecular complexity index is 400. The van der Waals surface area contributed by atoms with Gasteiger partial charge in [0, 0.05) is 5.56 Å². The Morgan fingerprint density at radius 1 is 1.27 bits per heavy atom. The van der Waals surface area contributed by atoms with E-state index < -0.39 is 5.97 Å². The molecule has 15 heavy (non-hydrogen) atoms. The van der Waals surface area contributed by atoms with E-state index in [0.29, 0.717) is 11.1 Å². The summed E-state index contributed by atoms with van der Waals surface area (Å²) in [5.41, 5.74) is 0.975. The van der Waals surface area contributed by atoms with Crippen LogP contribution in [0.5, 0.6) is 5.75 Å². The van der Waals surface area contributed by atoms with Crippen LogP contribution in [0.15, 0.2) is 12.1 Å². The van der Waals surface area contributed by atoms with Crippen LogP contribution in [0.4, 0.5) is 0 Å². The first-order valence-corrected chi connectivity index (χ1v) is 4.81. The highest BCUT2D eigenvalue weighted by Crippen LogP contribution is 2.34. The van der Waals surface area contributed by atoms with Crippen molar-refractivity contribution in [1.82, 2.24) is 0 Å². The van der Waals surface area contributed by atoms with E-state index in [9.17, 15) is 9.90 Å². The van der Waals surface area contributed by atoms with Gasteiger partial charge in [0.15, 0.2) is 0 Å². The smallest absolute Gasteiger partial charge is 0.339 e. The van der Waals surface area contributed by atoms with Crippen LogP contribution in [0, 0.1) is 6.92 Å². The van der Waals surface area contributed by atoms with Gasteiger partial charge in [-0.05, 0) is 17.9 Å². The number of aromatic carboxylic acids is 1. The zero-order valence-corrected chi connectivity index (χ0v) is 9.46. The fourth-order valence-electron chi connectivity index (χ4n) is 1.57. The zero-order valence-electron chi connectivity index (χ0n) is 9.46. The lowest BCUT2D eigenvalue weighted by atomic mass is 9.84. The summed E-state index contributed by atoms with van der Waals surface area (Å²) in [5, 5.41) is 18.9. The number of carboxylic acids is 1. The zero-order chi connectivity index (χ0) is 11.8. The second-order valence-electron chi connectivity index (χ2n) is 4.71. The summed E-state index contributed by atoms with van der Waals surface area (Å²) in [6.45, 7) is 7.48. The molecule has 0 saturated heterocycles. The molecule has 0 fully saturated rings. The number of aromatic hydroxyl groups is 1. The summed E-state index contributed by atoms with van der Waals surface area (Å²) < 4.78 is 0. The average molecular weight is 208 g/mol. The van der Waals surface area contributed by atoms with Crippen molar-refractivity contribution < 1.29 is 15.0 Å². The lowest BCUT2D eigenvalue weighted by Gasteiger charge is -2.21. The third-order valence-corrected chi connectivity index (χ3v) is 2.41. The average Bonchev–Trinajstić information content (AvgIpc) is 2.00. The first kappa shape index (κ1) is 11.6. The van der Waals surface area contributed by atoms with Gasteiger partial charge in [-0.25, -0.2) is 4.79 Å². The molecule has 3 nitrogen and oxygen atoms in total. The molecule has 0 amide bonds. The van der Waals surface area contributed by atoms with E-state index in [1.54, 1.807) is 19.1 Å². The molecule has 1 aromatic carbocycles. The number of hydrogen-bond donors (Lipinski definition) is 2. The van der Waals surface area contributed by atoms with Crippen molar-refractivity contribution >= 4 is 5.97 Å². The predicted octanol–water partition coefficient (Wildman–Crippen LogP) is 2.70. The van der Waals surface area contributed by atoms with Gasteiger partial charge in [0.1, 0.15) is 11.3 Å². The monoisotopic (exact) mass is 208 g/mol. The molecule has 1 rings (SSSR count). The molecule has 2 N–H and O–H groups in total. The molecule has 0 aliphatic carbocycles. The van der Waals surface area contributed by atoms with Crippen molar-refractivity contribution in [2.45, 2.75) is 33.1 Å². The van der Waals surface area contributed by atoms with Crippen molar-refractivity contribution in [3.8, 4) is 5.75 Å². The summed E-state index contributed by atoms with van der Waals surface area (Å²) in [4.78, 5) is 11.0. The lowest BCUT2D eigenvalue weighted by molar-refractivity contribution is 0.0692. The van der Waals surface area contributed by atoms with Crippen LogP contribution in [0.3, 0.4) is 0 Å². The number of benzene rings is 1. The van der Waals surface area contributed by atoms with Crippen molar-refractivity contribution in [2.75, 3.05) is 0 Å². The Hall–Kier alpha value is -1.51. The van der Waals surface area contributed by atoms with Crippen LogP contribution in [0.1, 0.15) is 42.3 Å². The maximum absolute atomic E-state index is 11.0. The van der Waals surface area contributed by atoms with Crippen molar-refractivity contribution in [1.29, 1.82) is 0 Å². The molecule has 0 radical (unpaired) electrons. The SMILES string of the molecule is Cc1ccc(C(C)(C)C)c(O)c1C(=O)O. The van der Waals surface area contributed by atoms with Crippen molar-refractivity contribution in [2.24, 2.45) is 0 Å². The quantitative estimate of drug-likeness (QED) is 0.746. The number of hydrogen-bond acceptors (Lipinski definition) is 2. The van der Waals surface area contributed by atoms with E-state index in [2.05, 4.69) is 0 Å². The van der Waals surface area contributed by atoms with Gasteiger partial charge < -0.3 is 10.2 Å². The summed E-state index contributed by atoms with van der Waals surface area (Å²) in [6, 6.07) is 3.50. The van der Waals surface area contributed by atoms with Gasteiger partial charge in [0.2, 0.25) is 0 Å². The van der Waals surface area contributed by atoms with E-state index >= 15 is 0 Å². The Morgan fingerprint density at radius 2 is 1.80 bits per heavy atom. The molecule has 0 unspecified atom stereocenters. The summed E-state index contributed by atoms with van der Waals surface area (Å²) >= 11 is 0. The van der Waals surface area contributed by atoms with Gasteiger partial charge in [0.25, 0.3) is 0 Å². The molecule has 1 aromatic rings. The Morgan fingerprint density at radius 3 is 2.20 bits per heavy atom. The third-order valence-electron chi connectivity index (χ3n) is 2.41. The highest BCUT2D eigenvalue weighted by Gasteiger charge is 2.23. The lowest BCUT2D eigenvalue weighted by Crippen LogP contribution is -2.13. The summed E-state index contributed by atoms with van der Waals surface area (Å²) in [5.74, 6) is -1.20. The first-order valence-electron chi connectivity index (χ1n) is 4.81. The van der Waals surface area contributed by atoms with Crippen LogP contribution < -0.4 is 0 Å². The van der Waals surface area contributed by atoms with Gasteiger partial charge >= 0.3 is 5.97 Å². The van der Waals surface area contributed by atoms with Crippen LogP contribution >= 0.6 is 0 Å². The molecule has 0 spiro atoms. The fourth-order valence-corrected chi connectivity index (χ4v) is 1.57.